The second-order valence-corrected chi connectivity index (χ2v) is 6.58. The van der Waals surface area contributed by atoms with Crippen LogP contribution >= 0.6 is 0 Å². The van der Waals surface area contributed by atoms with E-state index in [4.69, 9.17) is 5.11 Å². The highest BCUT2D eigenvalue weighted by atomic mass is 32.2. The molecule has 1 amide bonds. The third kappa shape index (κ3) is 6.26. The van der Waals surface area contributed by atoms with E-state index in [1.54, 1.807) is 19.1 Å². The predicted molar refractivity (Wildman–Crippen MR) is 78.7 cm³/mol. The quantitative estimate of drug-likeness (QED) is 0.692. The second kappa shape index (κ2) is 7.07. The van der Waals surface area contributed by atoms with Crippen LogP contribution in [-0.2, 0) is 14.8 Å². The molecule has 116 valence electrons. The number of carbonyl (C=O) groups is 2. The number of hydrogen-bond acceptors (Lipinski definition) is 4. The molecule has 1 atom stereocenters. The van der Waals surface area contributed by atoms with Gasteiger partial charge < -0.3 is 10.4 Å². The summed E-state index contributed by atoms with van der Waals surface area (Å²) in [5.41, 5.74) is 0.369. The Morgan fingerprint density at radius 1 is 1.29 bits per heavy atom. The molecule has 0 aromatic heterocycles. The number of anilines is 1. The largest absolute Gasteiger partial charge is 0.481 e. The Morgan fingerprint density at radius 3 is 2.48 bits per heavy atom. The molecule has 3 N–H and O–H groups in total. The van der Waals surface area contributed by atoms with Crippen LogP contribution in [0.15, 0.2) is 24.3 Å². The van der Waals surface area contributed by atoms with Gasteiger partial charge in [0.05, 0.1) is 17.5 Å². The van der Waals surface area contributed by atoms with Crippen LogP contribution < -0.4 is 10.0 Å². The van der Waals surface area contributed by atoms with Crippen LogP contribution in [0.4, 0.5) is 5.69 Å². The van der Waals surface area contributed by atoms with Crippen LogP contribution in [0.3, 0.4) is 0 Å². The molecule has 0 aliphatic rings. The standard InChI is InChI=1S/C13H18N2O5S/c1-9(7-12(16)17)8-14-13(18)10-5-3-4-6-11(10)15-21(2,19)20/h3-6,9,15H,7-8H2,1-2H3,(H,14,18)(H,16,17). The van der Waals surface area contributed by atoms with Crippen molar-refractivity contribution in [1.29, 1.82) is 0 Å². The van der Waals surface area contributed by atoms with Gasteiger partial charge in [0.15, 0.2) is 0 Å². The fraction of sp³-hybridized carbons (Fsp3) is 0.385. The smallest absolute Gasteiger partial charge is 0.303 e. The summed E-state index contributed by atoms with van der Waals surface area (Å²) in [6.45, 7) is 1.90. The lowest BCUT2D eigenvalue weighted by atomic mass is 10.1. The van der Waals surface area contributed by atoms with E-state index in [1.165, 1.54) is 12.1 Å². The maximum atomic E-state index is 12.0. The maximum Gasteiger partial charge on any atom is 0.303 e. The van der Waals surface area contributed by atoms with Crippen molar-refractivity contribution in [2.45, 2.75) is 13.3 Å². The zero-order chi connectivity index (χ0) is 16.0. The first-order chi connectivity index (χ1) is 9.69. The van der Waals surface area contributed by atoms with E-state index in [0.29, 0.717) is 0 Å². The Balaban J connectivity index is 2.76. The Kier molecular flexibility index (Phi) is 5.71. The Morgan fingerprint density at radius 2 is 1.90 bits per heavy atom. The minimum absolute atomic E-state index is 0.0521. The van der Waals surface area contributed by atoms with Crippen molar-refractivity contribution >= 4 is 27.6 Å². The van der Waals surface area contributed by atoms with Gasteiger partial charge in [0.1, 0.15) is 0 Å². The molecule has 1 aromatic carbocycles. The van der Waals surface area contributed by atoms with E-state index >= 15 is 0 Å². The summed E-state index contributed by atoms with van der Waals surface area (Å²) in [4.78, 5) is 22.6. The number of sulfonamides is 1. The number of carbonyl (C=O) groups excluding carboxylic acids is 1. The molecule has 0 saturated carbocycles. The molecular formula is C13H18N2O5S. The monoisotopic (exact) mass is 314 g/mol. The van der Waals surface area contributed by atoms with Gasteiger partial charge in [-0.05, 0) is 18.1 Å². The molecule has 1 unspecified atom stereocenters. The molecule has 0 bridgehead atoms. The molecule has 21 heavy (non-hydrogen) atoms. The average molecular weight is 314 g/mol. The third-order valence-corrected chi connectivity index (χ3v) is 3.19. The molecule has 1 aromatic rings. The molecule has 7 nitrogen and oxygen atoms in total. The van der Waals surface area contributed by atoms with Crippen LogP contribution in [0, 0.1) is 5.92 Å². The Labute approximate surface area is 123 Å². The SMILES string of the molecule is CC(CNC(=O)c1ccccc1NS(C)(=O)=O)CC(=O)O. The molecule has 0 aliphatic carbocycles. The summed E-state index contributed by atoms with van der Waals surface area (Å²) in [6, 6.07) is 6.20. The molecular weight excluding hydrogens is 296 g/mol. The number of nitrogens with one attached hydrogen (secondary N) is 2. The average Bonchev–Trinajstić information content (AvgIpc) is 2.34. The van der Waals surface area contributed by atoms with Gasteiger partial charge in [-0.25, -0.2) is 8.42 Å². The first-order valence-electron chi connectivity index (χ1n) is 6.26. The van der Waals surface area contributed by atoms with Crippen molar-refractivity contribution in [1.82, 2.24) is 5.32 Å². The van der Waals surface area contributed by atoms with E-state index in [0.717, 1.165) is 6.26 Å². The summed E-state index contributed by atoms with van der Waals surface area (Å²) in [7, 11) is -3.49. The highest BCUT2D eigenvalue weighted by Crippen LogP contribution is 2.16. The van der Waals surface area contributed by atoms with Crippen molar-refractivity contribution in [3.63, 3.8) is 0 Å². The summed E-state index contributed by atoms with van der Waals surface area (Å²) < 4.78 is 24.8. The highest BCUT2D eigenvalue weighted by Gasteiger charge is 2.15. The van der Waals surface area contributed by atoms with Gasteiger partial charge >= 0.3 is 5.97 Å². The van der Waals surface area contributed by atoms with Gasteiger partial charge in [-0.1, -0.05) is 19.1 Å². The van der Waals surface area contributed by atoms with E-state index < -0.39 is 21.9 Å². The van der Waals surface area contributed by atoms with Crippen molar-refractivity contribution in [3.05, 3.63) is 29.8 Å². The zero-order valence-electron chi connectivity index (χ0n) is 11.8. The van der Waals surface area contributed by atoms with E-state index in [2.05, 4.69) is 10.0 Å². The number of hydrogen-bond donors (Lipinski definition) is 3. The van der Waals surface area contributed by atoms with Crippen molar-refractivity contribution in [2.75, 3.05) is 17.5 Å². The van der Waals surface area contributed by atoms with Gasteiger partial charge in [-0.2, -0.15) is 0 Å². The molecule has 0 fully saturated rings. The molecule has 0 radical (unpaired) electrons. The molecule has 8 heteroatoms. The topological polar surface area (TPSA) is 113 Å². The maximum absolute atomic E-state index is 12.0. The van der Waals surface area contributed by atoms with E-state index in [9.17, 15) is 18.0 Å². The van der Waals surface area contributed by atoms with Crippen molar-refractivity contribution in [2.24, 2.45) is 5.92 Å². The first-order valence-corrected chi connectivity index (χ1v) is 8.15. The van der Waals surface area contributed by atoms with E-state index in [1.807, 2.05) is 0 Å². The summed E-state index contributed by atoms with van der Waals surface area (Å²) in [5.74, 6) is -1.61. The number of benzene rings is 1. The van der Waals surface area contributed by atoms with Gasteiger partial charge in [0.25, 0.3) is 5.91 Å². The predicted octanol–water partition coefficient (Wildman–Crippen LogP) is 0.899. The van der Waals surface area contributed by atoms with E-state index in [-0.39, 0.29) is 30.1 Å². The van der Waals surface area contributed by atoms with Gasteiger partial charge in [-0.15, -0.1) is 0 Å². The van der Waals surface area contributed by atoms with Gasteiger partial charge in [0.2, 0.25) is 10.0 Å². The molecule has 0 spiro atoms. The van der Waals surface area contributed by atoms with Gasteiger partial charge in [-0.3, -0.25) is 14.3 Å². The number of aliphatic carboxylic acids is 1. The normalized spacial score (nSPS) is 12.5. The minimum atomic E-state index is -3.49. The third-order valence-electron chi connectivity index (χ3n) is 2.60. The van der Waals surface area contributed by atoms with Crippen LogP contribution in [0.5, 0.6) is 0 Å². The van der Waals surface area contributed by atoms with Crippen LogP contribution in [0.1, 0.15) is 23.7 Å². The van der Waals surface area contributed by atoms with Crippen molar-refractivity contribution in [3.8, 4) is 0 Å². The Bertz CT molecular complexity index is 627. The lowest BCUT2D eigenvalue weighted by Crippen LogP contribution is -2.30. The molecule has 0 aliphatic heterocycles. The molecule has 0 heterocycles. The van der Waals surface area contributed by atoms with Crippen LogP contribution in [-0.4, -0.2) is 38.2 Å². The number of carboxylic acids is 1. The van der Waals surface area contributed by atoms with Gasteiger partial charge in [0, 0.05) is 13.0 Å². The number of amides is 1. The fourth-order valence-electron chi connectivity index (χ4n) is 1.70. The van der Waals surface area contributed by atoms with Crippen molar-refractivity contribution < 1.29 is 23.1 Å². The summed E-state index contributed by atoms with van der Waals surface area (Å²) in [6.07, 6.45) is 0.945. The van der Waals surface area contributed by atoms with Crippen LogP contribution in [0.25, 0.3) is 0 Å². The summed E-state index contributed by atoms with van der Waals surface area (Å²) in [5, 5.41) is 11.2. The lowest BCUT2D eigenvalue weighted by molar-refractivity contribution is -0.137. The number of carboxylic acid groups (broad SMARTS) is 1. The van der Waals surface area contributed by atoms with Crippen LogP contribution in [0.2, 0.25) is 0 Å². The highest BCUT2D eigenvalue weighted by molar-refractivity contribution is 7.92. The molecule has 0 saturated heterocycles. The second-order valence-electron chi connectivity index (χ2n) is 4.83. The summed E-state index contributed by atoms with van der Waals surface area (Å²) >= 11 is 0. The lowest BCUT2D eigenvalue weighted by Gasteiger charge is -2.13. The number of para-hydroxylation sites is 1. The first kappa shape index (κ1) is 17.0. The molecule has 1 rings (SSSR count). The minimum Gasteiger partial charge on any atom is -0.481 e. The Hall–Kier alpha value is -2.09. The zero-order valence-corrected chi connectivity index (χ0v) is 12.6. The fourth-order valence-corrected chi connectivity index (χ4v) is 2.28. The number of rotatable bonds is 7.